The number of allylic oxidation sites excluding steroid dienone is 6. The molecule has 0 bridgehead atoms. The second kappa shape index (κ2) is 55.2. The first-order valence-corrected chi connectivity index (χ1v) is 29.0. The van der Waals surface area contributed by atoms with Crippen molar-refractivity contribution >= 4 is 17.9 Å². The van der Waals surface area contributed by atoms with Crippen molar-refractivity contribution in [2.24, 2.45) is 0 Å². The lowest BCUT2D eigenvalue weighted by Crippen LogP contribution is -2.30. The summed E-state index contributed by atoms with van der Waals surface area (Å²) < 4.78 is 16.9. The lowest BCUT2D eigenvalue weighted by atomic mass is 10.0. The Bertz CT molecular complexity index is 1110. The van der Waals surface area contributed by atoms with Gasteiger partial charge in [-0.25, -0.2) is 0 Å². The number of esters is 3. The average molecular weight is 928 g/mol. The molecule has 386 valence electrons. The second-order valence-electron chi connectivity index (χ2n) is 19.6. The Hall–Kier alpha value is -2.37. The molecule has 0 amide bonds. The van der Waals surface area contributed by atoms with Crippen molar-refractivity contribution in [1.29, 1.82) is 0 Å². The van der Waals surface area contributed by atoms with Gasteiger partial charge < -0.3 is 14.2 Å². The molecule has 0 heterocycles. The third-order valence-corrected chi connectivity index (χ3v) is 12.9. The Morgan fingerprint density at radius 1 is 0.303 bits per heavy atom. The molecule has 0 aliphatic rings. The van der Waals surface area contributed by atoms with Gasteiger partial charge in [0.25, 0.3) is 0 Å². The topological polar surface area (TPSA) is 78.9 Å². The zero-order chi connectivity index (χ0) is 47.9. The van der Waals surface area contributed by atoms with Gasteiger partial charge in [-0.05, 0) is 77.0 Å². The van der Waals surface area contributed by atoms with Crippen LogP contribution in [0.1, 0.15) is 310 Å². The summed E-state index contributed by atoms with van der Waals surface area (Å²) in [5.41, 5.74) is 0. The summed E-state index contributed by atoms with van der Waals surface area (Å²) in [4.78, 5) is 38.1. The number of ether oxygens (including phenoxy) is 3. The van der Waals surface area contributed by atoms with E-state index in [1.807, 2.05) is 0 Å². The molecule has 0 aliphatic carbocycles. The van der Waals surface area contributed by atoms with Gasteiger partial charge in [-0.15, -0.1) is 0 Å². The highest BCUT2D eigenvalue weighted by Gasteiger charge is 2.19. The molecule has 0 fully saturated rings. The van der Waals surface area contributed by atoms with E-state index in [4.69, 9.17) is 14.2 Å². The van der Waals surface area contributed by atoms with Crippen molar-refractivity contribution < 1.29 is 28.6 Å². The predicted molar refractivity (Wildman–Crippen MR) is 284 cm³/mol. The fraction of sp³-hybridized carbons (Fsp3) is 0.850. The van der Waals surface area contributed by atoms with Crippen molar-refractivity contribution in [1.82, 2.24) is 0 Å². The summed E-state index contributed by atoms with van der Waals surface area (Å²) >= 11 is 0. The minimum absolute atomic E-state index is 0.0756. The molecule has 6 heteroatoms. The highest BCUT2D eigenvalue weighted by Crippen LogP contribution is 2.16. The monoisotopic (exact) mass is 927 g/mol. The molecule has 0 rings (SSSR count). The number of hydrogen-bond donors (Lipinski definition) is 0. The Labute approximate surface area is 410 Å². The van der Waals surface area contributed by atoms with Crippen molar-refractivity contribution in [2.45, 2.75) is 316 Å². The average Bonchev–Trinajstić information content (AvgIpc) is 3.31. The fourth-order valence-corrected chi connectivity index (χ4v) is 8.47. The quantitative estimate of drug-likeness (QED) is 0.0262. The van der Waals surface area contributed by atoms with Crippen LogP contribution in [0.5, 0.6) is 0 Å². The van der Waals surface area contributed by atoms with Crippen LogP contribution in [0.3, 0.4) is 0 Å². The molecule has 1 unspecified atom stereocenters. The van der Waals surface area contributed by atoms with E-state index in [0.29, 0.717) is 19.3 Å². The summed E-state index contributed by atoms with van der Waals surface area (Å²) in [6.45, 7) is 6.63. The molecule has 0 saturated heterocycles. The van der Waals surface area contributed by atoms with E-state index in [1.54, 1.807) is 0 Å². The maximum atomic E-state index is 12.9. The Morgan fingerprint density at radius 2 is 0.545 bits per heavy atom. The molecular formula is C60H110O6. The third kappa shape index (κ3) is 52.6. The van der Waals surface area contributed by atoms with Crippen LogP contribution in [-0.2, 0) is 28.6 Å². The molecular weight excluding hydrogens is 817 g/mol. The number of carbonyl (C=O) groups excluding carboxylic acids is 3. The smallest absolute Gasteiger partial charge is 0.306 e. The first-order valence-electron chi connectivity index (χ1n) is 29.0. The summed E-state index contributed by atoms with van der Waals surface area (Å²) in [6.07, 6.45) is 65.6. The lowest BCUT2D eigenvalue weighted by molar-refractivity contribution is -0.167. The molecule has 0 aliphatic heterocycles. The maximum absolute atomic E-state index is 12.9. The van der Waals surface area contributed by atoms with Crippen molar-refractivity contribution in [2.75, 3.05) is 13.2 Å². The molecule has 6 nitrogen and oxygen atoms in total. The molecule has 0 saturated carbocycles. The number of rotatable bonds is 53. The molecule has 1 atom stereocenters. The lowest BCUT2D eigenvalue weighted by Gasteiger charge is -2.18. The SMILES string of the molecule is CCCCC/C=C\CCCCCCCC(=O)OCC(COC(=O)CCCCCCCCC/C=C\C/C=C\CCCCCC)OC(=O)CCCCCCCCCCCCCCCCCCCC. The van der Waals surface area contributed by atoms with Crippen molar-refractivity contribution in [3.63, 3.8) is 0 Å². The maximum Gasteiger partial charge on any atom is 0.306 e. The van der Waals surface area contributed by atoms with Gasteiger partial charge >= 0.3 is 17.9 Å². The van der Waals surface area contributed by atoms with Crippen LogP contribution in [0.2, 0.25) is 0 Å². The Kier molecular flexibility index (Phi) is 53.2. The summed E-state index contributed by atoms with van der Waals surface area (Å²) in [6, 6.07) is 0. The van der Waals surface area contributed by atoms with Crippen LogP contribution in [0.15, 0.2) is 36.5 Å². The summed E-state index contributed by atoms with van der Waals surface area (Å²) in [5, 5.41) is 0. The molecule has 0 aromatic rings. The van der Waals surface area contributed by atoms with E-state index in [9.17, 15) is 14.4 Å². The predicted octanol–water partition coefficient (Wildman–Crippen LogP) is 19.3. The van der Waals surface area contributed by atoms with Crippen LogP contribution >= 0.6 is 0 Å². The molecule has 0 aromatic heterocycles. The van der Waals surface area contributed by atoms with Crippen LogP contribution in [0.4, 0.5) is 0 Å². The van der Waals surface area contributed by atoms with Gasteiger partial charge in [0.15, 0.2) is 6.10 Å². The van der Waals surface area contributed by atoms with E-state index in [2.05, 4.69) is 57.2 Å². The van der Waals surface area contributed by atoms with E-state index >= 15 is 0 Å². The van der Waals surface area contributed by atoms with Gasteiger partial charge in [0.05, 0.1) is 0 Å². The van der Waals surface area contributed by atoms with Gasteiger partial charge in [0, 0.05) is 19.3 Å². The van der Waals surface area contributed by atoms with Crippen LogP contribution in [-0.4, -0.2) is 37.2 Å². The zero-order valence-corrected chi connectivity index (χ0v) is 44.2. The van der Waals surface area contributed by atoms with Crippen LogP contribution in [0.25, 0.3) is 0 Å². The summed E-state index contributed by atoms with van der Waals surface area (Å²) in [5.74, 6) is -0.874. The first kappa shape index (κ1) is 63.6. The standard InChI is InChI=1S/C60H110O6/c1-4-7-10-13-16-19-22-25-27-29-31-33-35-38-41-44-47-50-53-59(62)65-56-57(55-64-58(61)52-49-46-43-40-37-24-21-18-15-12-9-6-3)66-60(63)54-51-48-45-42-39-36-34-32-30-28-26-23-20-17-14-11-8-5-2/h18-19,21-22,27,29,57H,4-17,20,23-26,28,30-56H2,1-3H3/b21-18-,22-19-,29-27-. The van der Waals surface area contributed by atoms with Crippen molar-refractivity contribution in [3.05, 3.63) is 36.5 Å². The van der Waals surface area contributed by atoms with Gasteiger partial charge in [-0.2, -0.15) is 0 Å². The number of hydrogen-bond acceptors (Lipinski definition) is 6. The van der Waals surface area contributed by atoms with E-state index in [-0.39, 0.29) is 31.1 Å². The number of unbranched alkanes of at least 4 members (excludes halogenated alkanes) is 36. The molecule has 0 spiro atoms. The molecule has 0 aromatic carbocycles. The van der Waals surface area contributed by atoms with E-state index in [1.165, 1.54) is 193 Å². The second-order valence-corrected chi connectivity index (χ2v) is 19.6. The Morgan fingerprint density at radius 3 is 0.894 bits per heavy atom. The minimum Gasteiger partial charge on any atom is -0.462 e. The van der Waals surface area contributed by atoms with Gasteiger partial charge in [0.2, 0.25) is 0 Å². The molecule has 0 N–H and O–H groups in total. The Balaban J connectivity index is 4.33. The van der Waals surface area contributed by atoms with Crippen molar-refractivity contribution in [3.8, 4) is 0 Å². The largest absolute Gasteiger partial charge is 0.462 e. The first-order chi connectivity index (χ1) is 32.5. The van der Waals surface area contributed by atoms with Gasteiger partial charge in [-0.1, -0.05) is 250 Å². The normalized spacial score (nSPS) is 12.2. The molecule has 0 radical (unpaired) electrons. The van der Waals surface area contributed by atoms with Gasteiger partial charge in [-0.3, -0.25) is 14.4 Å². The highest BCUT2D eigenvalue weighted by molar-refractivity contribution is 5.71. The van der Waals surface area contributed by atoms with E-state index in [0.717, 1.165) is 77.0 Å². The third-order valence-electron chi connectivity index (χ3n) is 12.9. The zero-order valence-electron chi connectivity index (χ0n) is 44.2. The van der Waals surface area contributed by atoms with E-state index < -0.39 is 6.10 Å². The number of carbonyl (C=O) groups is 3. The van der Waals surface area contributed by atoms with Crippen LogP contribution < -0.4 is 0 Å². The molecule has 66 heavy (non-hydrogen) atoms. The fourth-order valence-electron chi connectivity index (χ4n) is 8.47. The van der Waals surface area contributed by atoms with Gasteiger partial charge in [0.1, 0.15) is 13.2 Å². The summed E-state index contributed by atoms with van der Waals surface area (Å²) in [7, 11) is 0. The van der Waals surface area contributed by atoms with Crippen LogP contribution in [0, 0.1) is 0 Å². The minimum atomic E-state index is -0.775. The highest BCUT2D eigenvalue weighted by atomic mass is 16.6.